The van der Waals surface area contributed by atoms with E-state index in [0.717, 1.165) is 38.1 Å². The maximum atomic E-state index is 13.6. The van der Waals surface area contributed by atoms with Crippen LogP contribution in [0.5, 0.6) is 0 Å². The predicted octanol–water partition coefficient (Wildman–Crippen LogP) is 2.50. The molecule has 0 radical (unpaired) electrons. The minimum atomic E-state index is -0.626. The third kappa shape index (κ3) is 4.04. The molecule has 1 aromatic carbocycles. The molecule has 7 heteroatoms. The highest BCUT2D eigenvalue weighted by atomic mass is 19.1. The van der Waals surface area contributed by atoms with Crippen LogP contribution in [0.3, 0.4) is 0 Å². The SMILES string of the molecule is CCNCC1CCN(C(=O)c2cc(F)cc(C)c2[N+](=O)[O-])CC1. The zero-order chi connectivity index (χ0) is 17.0. The van der Waals surface area contributed by atoms with Gasteiger partial charge < -0.3 is 10.2 Å². The second kappa shape index (κ2) is 7.50. The van der Waals surface area contributed by atoms with E-state index in [1.807, 2.05) is 6.92 Å². The molecular weight excluding hydrogens is 301 g/mol. The first-order valence-corrected chi connectivity index (χ1v) is 7.88. The monoisotopic (exact) mass is 323 g/mol. The lowest BCUT2D eigenvalue weighted by Crippen LogP contribution is -2.41. The summed E-state index contributed by atoms with van der Waals surface area (Å²) in [4.78, 5) is 24.8. The van der Waals surface area contributed by atoms with Crippen LogP contribution in [0.2, 0.25) is 0 Å². The summed E-state index contributed by atoms with van der Waals surface area (Å²) < 4.78 is 13.6. The third-order valence-corrected chi connectivity index (χ3v) is 4.26. The topological polar surface area (TPSA) is 75.5 Å². The number of amides is 1. The van der Waals surface area contributed by atoms with Gasteiger partial charge in [-0.2, -0.15) is 0 Å². The summed E-state index contributed by atoms with van der Waals surface area (Å²) in [5.74, 6) is -0.581. The van der Waals surface area contributed by atoms with Gasteiger partial charge in [0.25, 0.3) is 11.6 Å². The Morgan fingerprint density at radius 3 is 2.65 bits per heavy atom. The van der Waals surface area contributed by atoms with Crippen LogP contribution in [0.25, 0.3) is 0 Å². The number of carbonyl (C=O) groups is 1. The average Bonchev–Trinajstić information content (AvgIpc) is 2.51. The van der Waals surface area contributed by atoms with Crippen LogP contribution < -0.4 is 5.32 Å². The molecule has 0 unspecified atom stereocenters. The Labute approximate surface area is 134 Å². The van der Waals surface area contributed by atoms with Crippen LogP contribution in [0, 0.1) is 28.8 Å². The van der Waals surface area contributed by atoms with Crippen molar-refractivity contribution in [3.8, 4) is 0 Å². The van der Waals surface area contributed by atoms with Crippen molar-refractivity contribution in [2.75, 3.05) is 26.2 Å². The fraction of sp³-hybridized carbons (Fsp3) is 0.562. The van der Waals surface area contributed by atoms with E-state index in [2.05, 4.69) is 5.32 Å². The van der Waals surface area contributed by atoms with Gasteiger partial charge in [0.2, 0.25) is 0 Å². The van der Waals surface area contributed by atoms with Crippen molar-refractivity contribution in [3.63, 3.8) is 0 Å². The van der Waals surface area contributed by atoms with Crippen molar-refractivity contribution >= 4 is 11.6 Å². The normalized spacial score (nSPS) is 15.7. The summed E-state index contributed by atoms with van der Waals surface area (Å²) in [5.41, 5.74) is -0.288. The maximum Gasteiger partial charge on any atom is 0.285 e. The molecule has 0 spiro atoms. The molecule has 1 N–H and O–H groups in total. The predicted molar refractivity (Wildman–Crippen MR) is 85.0 cm³/mol. The number of nitrogens with zero attached hydrogens (tertiary/aromatic N) is 2. The van der Waals surface area contributed by atoms with E-state index >= 15 is 0 Å². The molecule has 2 rings (SSSR count). The Balaban J connectivity index is 2.14. The number of halogens is 1. The summed E-state index contributed by atoms with van der Waals surface area (Å²) in [6, 6.07) is 2.05. The lowest BCUT2D eigenvalue weighted by molar-refractivity contribution is -0.385. The van der Waals surface area contributed by atoms with Crippen LogP contribution >= 0.6 is 0 Å². The van der Waals surface area contributed by atoms with E-state index < -0.39 is 16.6 Å². The van der Waals surface area contributed by atoms with Crippen LogP contribution in [0.1, 0.15) is 35.7 Å². The van der Waals surface area contributed by atoms with Gasteiger partial charge in [0.1, 0.15) is 11.4 Å². The molecule has 23 heavy (non-hydrogen) atoms. The Morgan fingerprint density at radius 1 is 1.43 bits per heavy atom. The molecule has 0 bridgehead atoms. The van der Waals surface area contributed by atoms with E-state index in [-0.39, 0.29) is 16.8 Å². The van der Waals surface area contributed by atoms with Gasteiger partial charge in [0, 0.05) is 18.7 Å². The van der Waals surface area contributed by atoms with Gasteiger partial charge in [-0.1, -0.05) is 6.92 Å². The van der Waals surface area contributed by atoms with Crippen molar-refractivity contribution in [1.29, 1.82) is 0 Å². The molecule has 126 valence electrons. The summed E-state index contributed by atoms with van der Waals surface area (Å²) >= 11 is 0. The molecule has 1 aliphatic heterocycles. The van der Waals surface area contributed by atoms with Crippen molar-refractivity contribution in [1.82, 2.24) is 10.2 Å². The Kier molecular flexibility index (Phi) is 5.65. The highest BCUT2D eigenvalue weighted by Gasteiger charge is 2.30. The molecule has 1 fully saturated rings. The number of piperidine rings is 1. The van der Waals surface area contributed by atoms with E-state index in [1.54, 1.807) is 4.90 Å². The minimum Gasteiger partial charge on any atom is -0.338 e. The van der Waals surface area contributed by atoms with Gasteiger partial charge in [0.15, 0.2) is 0 Å². The number of carbonyl (C=O) groups excluding carboxylic acids is 1. The van der Waals surface area contributed by atoms with Crippen LogP contribution in [0.4, 0.5) is 10.1 Å². The highest BCUT2D eigenvalue weighted by molar-refractivity contribution is 5.98. The van der Waals surface area contributed by atoms with Gasteiger partial charge >= 0.3 is 0 Å². The number of nitro benzene ring substituents is 1. The van der Waals surface area contributed by atoms with Crippen LogP contribution in [-0.2, 0) is 0 Å². The fourth-order valence-electron chi connectivity index (χ4n) is 3.00. The molecular formula is C16H22FN3O3. The van der Waals surface area contributed by atoms with E-state index in [9.17, 15) is 19.3 Å². The molecule has 1 saturated heterocycles. The second-order valence-electron chi connectivity index (χ2n) is 5.92. The lowest BCUT2D eigenvalue weighted by Gasteiger charge is -2.32. The first-order valence-electron chi connectivity index (χ1n) is 7.88. The van der Waals surface area contributed by atoms with Crippen molar-refractivity contribution in [2.24, 2.45) is 5.92 Å². The highest BCUT2D eigenvalue weighted by Crippen LogP contribution is 2.27. The Morgan fingerprint density at radius 2 is 2.09 bits per heavy atom. The number of hydrogen-bond donors (Lipinski definition) is 1. The summed E-state index contributed by atoms with van der Waals surface area (Å²) in [6.45, 7) is 6.40. The van der Waals surface area contributed by atoms with Gasteiger partial charge in [-0.05, 0) is 50.9 Å². The number of benzene rings is 1. The maximum absolute atomic E-state index is 13.6. The molecule has 1 aliphatic rings. The number of nitro groups is 1. The van der Waals surface area contributed by atoms with Crippen LogP contribution in [0.15, 0.2) is 12.1 Å². The summed E-state index contributed by atoms with van der Waals surface area (Å²) in [5, 5.41) is 14.5. The quantitative estimate of drug-likeness (QED) is 0.667. The van der Waals surface area contributed by atoms with Crippen molar-refractivity contribution < 1.29 is 14.1 Å². The summed E-state index contributed by atoms with van der Waals surface area (Å²) in [7, 11) is 0. The number of rotatable bonds is 5. The smallest absolute Gasteiger partial charge is 0.285 e. The van der Waals surface area contributed by atoms with E-state index in [0.29, 0.717) is 19.0 Å². The van der Waals surface area contributed by atoms with Gasteiger partial charge in [0.05, 0.1) is 4.92 Å². The van der Waals surface area contributed by atoms with Crippen molar-refractivity contribution in [3.05, 3.63) is 39.2 Å². The Hall–Kier alpha value is -2.02. The minimum absolute atomic E-state index is 0.155. The molecule has 0 atom stereocenters. The zero-order valence-corrected chi connectivity index (χ0v) is 13.5. The second-order valence-corrected chi connectivity index (χ2v) is 5.92. The molecule has 0 saturated carbocycles. The van der Waals surface area contributed by atoms with E-state index in [4.69, 9.17) is 0 Å². The van der Waals surface area contributed by atoms with Crippen LogP contribution in [-0.4, -0.2) is 41.9 Å². The number of nitrogens with one attached hydrogen (secondary N) is 1. The standard InChI is InChI=1S/C16H22FN3O3/c1-3-18-10-12-4-6-19(7-5-12)16(21)14-9-13(17)8-11(2)15(14)20(22)23/h8-9,12,18H,3-7,10H2,1-2H3. The average molecular weight is 323 g/mol. The largest absolute Gasteiger partial charge is 0.338 e. The number of likely N-dealkylation sites (tertiary alicyclic amines) is 1. The number of aryl methyl sites for hydroxylation is 1. The van der Waals surface area contributed by atoms with Gasteiger partial charge in [-0.15, -0.1) is 0 Å². The van der Waals surface area contributed by atoms with E-state index in [1.165, 1.54) is 6.92 Å². The molecule has 1 heterocycles. The molecule has 6 nitrogen and oxygen atoms in total. The first-order chi connectivity index (χ1) is 10.9. The van der Waals surface area contributed by atoms with Gasteiger partial charge in [-0.3, -0.25) is 14.9 Å². The Bertz CT molecular complexity index is 598. The first kappa shape index (κ1) is 17.3. The summed E-state index contributed by atoms with van der Waals surface area (Å²) in [6.07, 6.45) is 1.70. The van der Waals surface area contributed by atoms with Gasteiger partial charge in [-0.25, -0.2) is 4.39 Å². The fourth-order valence-corrected chi connectivity index (χ4v) is 3.00. The molecule has 0 aliphatic carbocycles. The molecule has 1 aromatic rings. The third-order valence-electron chi connectivity index (χ3n) is 4.26. The zero-order valence-electron chi connectivity index (χ0n) is 13.5. The lowest BCUT2D eigenvalue weighted by atomic mass is 9.96. The van der Waals surface area contributed by atoms with Crippen molar-refractivity contribution in [2.45, 2.75) is 26.7 Å². The molecule has 0 aromatic heterocycles. The molecule has 1 amide bonds. The number of hydrogen-bond acceptors (Lipinski definition) is 4.